The number of amides is 2. The lowest BCUT2D eigenvalue weighted by Crippen LogP contribution is -2.42. The lowest BCUT2D eigenvalue weighted by atomic mass is 10.2. The molecule has 0 aromatic heterocycles. The van der Waals surface area contributed by atoms with Gasteiger partial charge in [0, 0.05) is 19.6 Å². The van der Waals surface area contributed by atoms with Crippen LogP contribution in [0.1, 0.15) is 25.7 Å². The third-order valence-electron chi connectivity index (χ3n) is 2.59. The zero-order valence-corrected chi connectivity index (χ0v) is 8.25. The molecular weight excluding hydrogens is 164 g/mol. The molecule has 0 aromatic carbocycles. The van der Waals surface area contributed by atoms with E-state index in [4.69, 9.17) is 0 Å². The molecule has 1 saturated carbocycles. The first-order valence-corrected chi connectivity index (χ1v) is 4.87. The summed E-state index contributed by atoms with van der Waals surface area (Å²) in [6, 6.07) is 0.469. The second-order valence-electron chi connectivity index (χ2n) is 3.52. The summed E-state index contributed by atoms with van der Waals surface area (Å²) >= 11 is 0. The van der Waals surface area contributed by atoms with Gasteiger partial charge < -0.3 is 10.2 Å². The van der Waals surface area contributed by atoms with Gasteiger partial charge in [-0.25, -0.2) is 4.79 Å². The van der Waals surface area contributed by atoms with Crippen LogP contribution in [0.5, 0.6) is 0 Å². The molecule has 0 aromatic rings. The molecule has 0 heterocycles. The first-order valence-electron chi connectivity index (χ1n) is 4.87. The van der Waals surface area contributed by atoms with Crippen molar-refractivity contribution >= 4 is 6.03 Å². The van der Waals surface area contributed by atoms with Crippen molar-refractivity contribution in [2.75, 3.05) is 13.6 Å². The summed E-state index contributed by atoms with van der Waals surface area (Å²) in [5, 5.41) is 2.78. The second-order valence-corrected chi connectivity index (χ2v) is 3.52. The van der Waals surface area contributed by atoms with E-state index < -0.39 is 0 Å². The van der Waals surface area contributed by atoms with E-state index in [0.717, 1.165) is 12.8 Å². The summed E-state index contributed by atoms with van der Waals surface area (Å²) in [6.45, 7) is 4.11. The molecular formula is C10H18N2O. The predicted octanol–water partition coefficient (Wildman–Crippen LogP) is 1.76. The van der Waals surface area contributed by atoms with E-state index in [1.54, 1.807) is 6.08 Å². The summed E-state index contributed by atoms with van der Waals surface area (Å²) in [7, 11) is 1.87. The van der Waals surface area contributed by atoms with Crippen LogP contribution in [0.3, 0.4) is 0 Å². The molecule has 1 rings (SSSR count). The predicted molar refractivity (Wildman–Crippen MR) is 53.6 cm³/mol. The normalized spacial score (nSPS) is 17.0. The number of carbonyl (C=O) groups is 1. The van der Waals surface area contributed by atoms with Gasteiger partial charge in [-0.05, 0) is 12.8 Å². The Kier molecular flexibility index (Phi) is 3.80. The molecule has 1 aliphatic rings. The van der Waals surface area contributed by atoms with E-state index in [2.05, 4.69) is 11.9 Å². The average molecular weight is 182 g/mol. The second kappa shape index (κ2) is 4.90. The molecule has 3 nitrogen and oxygen atoms in total. The number of nitrogens with zero attached hydrogens (tertiary/aromatic N) is 1. The Morgan fingerprint density at radius 2 is 2.23 bits per heavy atom. The number of carbonyl (C=O) groups excluding carboxylic acids is 1. The molecule has 1 fully saturated rings. The Balaban J connectivity index is 2.31. The highest BCUT2D eigenvalue weighted by Crippen LogP contribution is 2.22. The van der Waals surface area contributed by atoms with Crippen LogP contribution in [0.2, 0.25) is 0 Å². The van der Waals surface area contributed by atoms with Gasteiger partial charge in [0.2, 0.25) is 0 Å². The van der Waals surface area contributed by atoms with E-state index >= 15 is 0 Å². The number of hydrogen-bond donors (Lipinski definition) is 1. The van der Waals surface area contributed by atoms with Gasteiger partial charge in [0.05, 0.1) is 0 Å². The first-order chi connectivity index (χ1) is 6.25. The highest BCUT2D eigenvalue weighted by molar-refractivity contribution is 5.74. The third-order valence-corrected chi connectivity index (χ3v) is 2.59. The van der Waals surface area contributed by atoms with Crippen LogP contribution in [0.25, 0.3) is 0 Å². The quantitative estimate of drug-likeness (QED) is 0.663. The Bertz CT molecular complexity index is 185. The van der Waals surface area contributed by atoms with Gasteiger partial charge >= 0.3 is 6.03 Å². The Hall–Kier alpha value is -0.990. The molecule has 2 amide bonds. The molecule has 0 unspecified atom stereocenters. The fraction of sp³-hybridized carbons (Fsp3) is 0.700. The van der Waals surface area contributed by atoms with E-state index in [9.17, 15) is 4.79 Å². The van der Waals surface area contributed by atoms with Crippen molar-refractivity contribution in [1.29, 1.82) is 0 Å². The first kappa shape index (κ1) is 10.1. The van der Waals surface area contributed by atoms with E-state index in [1.165, 1.54) is 12.8 Å². The molecule has 0 bridgehead atoms. The summed E-state index contributed by atoms with van der Waals surface area (Å²) in [6.07, 6.45) is 6.50. The zero-order chi connectivity index (χ0) is 9.68. The number of hydrogen-bond acceptors (Lipinski definition) is 1. The zero-order valence-electron chi connectivity index (χ0n) is 8.25. The molecule has 0 saturated heterocycles. The minimum absolute atomic E-state index is 0.0202. The molecule has 13 heavy (non-hydrogen) atoms. The van der Waals surface area contributed by atoms with Crippen LogP contribution in [-0.4, -0.2) is 30.6 Å². The minimum atomic E-state index is 0.0202. The fourth-order valence-corrected chi connectivity index (χ4v) is 1.74. The van der Waals surface area contributed by atoms with Gasteiger partial charge in [0.1, 0.15) is 0 Å². The van der Waals surface area contributed by atoms with Gasteiger partial charge in [0.25, 0.3) is 0 Å². The van der Waals surface area contributed by atoms with Crippen molar-refractivity contribution in [3.8, 4) is 0 Å². The van der Waals surface area contributed by atoms with Crippen LogP contribution in [-0.2, 0) is 0 Å². The molecule has 0 atom stereocenters. The van der Waals surface area contributed by atoms with Crippen molar-refractivity contribution in [2.24, 2.45) is 0 Å². The SMILES string of the molecule is C=CCNC(=O)N(C)C1CCCC1. The molecule has 74 valence electrons. The molecule has 0 spiro atoms. The molecule has 0 aliphatic heterocycles. The number of urea groups is 1. The Labute approximate surface area is 79.8 Å². The summed E-state index contributed by atoms with van der Waals surface area (Å²) < 4.78 is 0. The maximum atomic E-state index is 11.5. The number of rotatable bonds is 3. The van der Waals surface area contributed by atoms with Gasteiger partial charge in [-0.2, -0.15) is 0 Å². The van der Waals surface area contributed by atoms with E-state index in [1.807, 2.05) is 11.9 Å². The maximum absolute atomic E-state index is 11.5. The van der Waals surface area contributed by atoms with Crippen LogP contribution in [0.4, 0.5) is 4.79 Å². The highest BCUT2D eigenvalue weighted by atomic mass is 16.2. The monoisotopic (exact) mass is 182 g/mol. The van der Waals surface area contributed by atoms with Crippen LogP contribution >= 0.6 is 0 Å². The highest BCUT2D eigenvalue weighted by Gasteiger charge is 2.22. The van der Waals surface area contributed by atoms with Crippen molar-refractivity contribution in [3.63, 3.8) is 0 Å². The maximum Gasteiger partial charge on any atom is 0.317 e. The van der Waals surface area contributed by atoms with Gasteiger partial charge in [-0.1, -0.05) is 18.9 Å². The number of nitrogens with one attached hydrogen (secondary N) is 1. The van der Waals surface area contributed by atoms with Gasteiger partial charge in [-0.15, -0.1) is 6.58 Å². The third kappa shape index (κ3) is 2.76. The fourth-order valence-electron chi connectivity index (χ4n) is 1.74. The van der Waals surface area contributed by atoms with E-state index in [0.29, 0.717) is 12.6 Å². The van der Waals surface area contributed by atoms with Crippen LogP contribution < -0.4 is 5.32 Å². The van der Waals surface area contributed by atoms with Gasteiger partial charge in [-0.3, -0.25) is 0 Å². The summed E-state index contributed by atoms with van der Waals surface area (Å²) in [5.74, 6) is 0. The standard InChI is InChI=1S/C10H18N2O/c1-3-8-11-10(13)12(2)9-6-4-5-7-9/h3,9H,1,4-8H2,2H3,(H,11,13). The van der Waals surface area contributed by atoms with E-state index in [-0.39, 0.29) is 6.03 Å². The average Bonchev–Trinajstić information content (AvgIpc) is 2.65. The Morgan fingerprint density at radius 3 is 2.77 bits per heavy atom. The van der Waals surface area contributed by atoms with Crippen molar-refractivity contribution < 1.29 is 4.79 Å². The lowest BCUT2D eigenvalue weighted by Gasteiger charge is -2.24. The molecule has 3 heteroatoms. The topological polar surface area (TPSA) is 32.3 Å². The Morgan fingerprint density at radius 1 is 1.62 bits per heavy atom. The van der Waals surface area contributed by atoms with Crippen molar-refractivity contribution in [2.45, 2.75) is 31.7 Å². The molecule has 1 N–H and O–H groups in total. The molecule has 1 aliphatic carbocycles. The van der Waals surface area contributed by atoms with Crippen molar-refractivity contribution in [1.82, 2.24) is 10.2 Å². The van der Waals surface area contributed by atoms with Crippen LogP contribution in [0.15, 0.2) is 12.7 Å². The van der Waals surface area contributed by atoms with Crippen molar-refractivity contribution in [3.05, 3.63) is 12.7 Å². The lowest BCUT2D eigenvalue weighted by molar-refractivity contribution is 0.192. The molecule has 0 radical (unpaired) electrons. The summed E-state index contributed by atoms with van der Waals surface area (Å²) in [4.78, 5) is 13.3. The smallest absolute Gasteiger partial charge is 0.317 e. The van der Waals surface area contributed by atoms with Gasteiger partial charge in [0.15, 0.2) is 0 Å². The van der Waals surface area contributed by atoms with Crippen LogP contribution in [0, 0.1) is 0 Å². The largest absolute Gasteiger partial charge is 0.335 e. The summed E-state index contributed by atoms with van der Waals surface area (Å²) in [5.41, 5.74) is 0. The minimum Gasteiger partial charge on any atom is -0.335 e.